The van der Waals surface area contributed by atoms with Gasteiger partial charge in [0.1, 0.15) is 11.5 Å². The van der Waals surface area contributed by atoms with Gasteiger partial charge < -0.3 is 14.6 Å². The van der Waals surface area contributed by atoms with Crippen molar-refractivity contribution in [2.24, 2.45) is 0 Å². The van der Waals surface area contributed by atoms with Gasteiger partial charge in [-0.3, -0.25) is 15.6 Å². The van der Waals surface area contributed by atoms with Crippen LogP contribution < -0.4 is 20.3 Å². The van der Waals surface area contributed by atoms with E-state index in [0.717, 1.165) is 0 Å². The van der Waals surface area contributed by atoms with Crippen LogP contribution in [0.2, 0.25) is 0 Å². The molecule has 24 heavy (non-hydrogen) atoms. The molecule has 0 unspecified atom stereocenters. The van der Waals surface area contributed by atoms with Crippen LogP contribution in [0.25, 0.3) is 5.70 Å². The van der Waals surface area contributed by atoms with E-state index in [1.807, 2.05) is 0 Å². The van der Waals surface area contributed by atoms with E-state index in [2.05, 4.69) is 17.4 Å². The Labute approximate surface area is 138 Å². The van der Waals surface area contributed by atoms with E-state index < -0.39 is 11.7 Å². The number of hydrazine groups is 1. The molecule has 0 atom stereocenters. The first-order chi connectivity index (χ1) is 11.5. The van der Waals surface area contributed by atoms with E-state index in [0.29, 0.717) is 11.3 Å². The SMILES string of the molecule is C=C(NNC(=O)COc1ccccc1F)c1ccc(OC)cc1O. The Bertz CT molecular complexity index is 749. The number of nitrogens with one attached hydrogen (secondary N) is 2. The molecule has 2 rings (SSSR count). The molecule has 0 spiro atoms. The fourth-order valence-electron chi connectivity index (χ4n) is 1.85. The number of carbonyl (C=O) groups excluding carboxylic acids is 1. The van der Waals surface area contributed by atoms with Gasteiger partial charge in [0.2, 0.25) is 0 Å². The fourth-order valence-corrected chi connectivity index (χ4v) is 1.85. The molecule has 7 heteroatoms. The molecule has 2 aromatic carbocycles. The lowest BCUT2D eigenvalue weighted by molar-refractivity contribution is -0.123. The number of carbonyl (C=O) groups is 1. The highest BCUT2D eigenvalue weighted by Gasteiger charge is 2.09. The number of phenols is 1. The summed E-state index contributed by atoms with van der Waals surface area (Å²) in [5.41, 5.74) is 5.57. The Morgan fingerprint density at radius 3 is 2.67 bits per heavy atom. The fraction of sp³-hybridized carbons (Fsp3) is 0.118. The average molecular weight is 332 g/mol. The van der Waals surface area contributed by atoms with Crippen molar-refractivity contribution in [3.05, 3.63) is 60.4 Å². The minimum Gasteiger partial charge on any atom is -0.507 e. The molecular weight excluding hydrogens is 315 g/mol. The number of hydrogen-bond donors (Lipinski definition) is 3. The maximum atomic E-state index is 13.4. The van der Waals surface area contributed by atoms with Gasteiger partial charge >= 0.3 is 0 Å². The van der Waals surface area contributed by atoms with E-state index in [1.165, 1.54) is 31.4 Å². The molecule has 0 bridgehead atoms. The minimum atomic E-state index is -0.550. The number of benzene rings is 2. The van der Waals surface area contributed by atoms with Gasteiger partial charge in [-0.05, 0) is 24.3 Å². The lowest BCUT2D eigenvalue weighted by atomic mass is 10.1. The summed E-state index contributed by atoms with van der Waals surface area (Å²) in [6.07, 6.45) is 0. The molecule has 1 amide bonds. The Morgan fingerprint density at radius 1 is 1.25 bits per heavy atom. The van der Waals surface area contributed by atoms with Gasteiger partial charge in [-0.2, -0.15) is 0 Å². The summed E-state index contributed by atoms with van der Waals surface area (Å²) in [5, 5.41) is 9.88. The molecule has 0 aliphatic carbocycles. The van der Waals surface area contributed by atoms with Gasteiger partial charge in [0, 0.05) is 11.6 Å². The number of amides is 1. The number of methoxy groups -OCH3 is 1. The van der Waals surface area contributed by atoms with Crippen molar-refractivity contribution in [1.82, 2.24) is 10.9 Å². The van der Waals surface area contributed by atoms with Gasteiger partial charge in [-0.15, -0.1) is 0 Å². The van der Waals surface area contributed by atoms with Gasteiger partial charge in [0.05, 0.1) is 12.8 Å². The van der Waals surface area contributed by atoms with Gasteiger partial charge in [-0.25, -0.2) is 4.39 Å². The molecule has 0 aliphatic heterocycles. The number of para-hydroxylation sites is 1. The number of hydrogen-bond acceptors (Lipinski definition) is 5. The van der Waals surface area contributed by atoms with Crippen molar-refractivity contribution in [2.45, 2.75) is 0 Å². The van der Waals surface area contributed by atoms with Gasteiger partial charge in [0.15, 0.2) is 18.2 Å². The van der Waals surface area contributed by atoms with Crippen LogP contribution in [0.1, 0.15) is 5.56 Å². The Morgan fingerprint density at radius 2 is 2.00 bits per heavy atom. The highest BCUT2D eigenvalue weighted by molar-refractivity contribution is 5.79. The van der Waals surface area contributed by atoms with E-state index in [4.69, 9.17) is 9.47 Å². The lowest BCUT2D eigenvalue weighted by Gasteiger charge is -2.13. The molecule has 0 heterocycles. The van der Waals surface area contributed by atoms with Crippen molar-refractivity contribution < 1.29 is 23.8 Å². The predicted octanol–water partition coefficient (Wildman–Crippen LogP) is 2.21. The van der Waals surface area contributed by atoms with E-state index >= 15 is 0 Å². The molecule has 3 N–H and O–H groups in total. The topological polar surface area (TPSA) is 79.8 Å². The number of phenolic OH excluding ortho intramolecular Hbond substituents is 1. The Hall–Kier alpha value is -3.22. The average Bonchev–Trinajstić information content (AvgIpc) is 2.58. The van der Waals surface area contributed by atoms with Crippen molar-refractivity contribution in [1.29, 1.82) is 0 Å². The summed E-state index contributed by atoms with van der Waals surface area (Å²) in [4.78, 5) is 11.7. The molecule has 6 nitrogen and oxygen atoms in total. The normalized spacial score (nSPS) is 9.92. The largest absolute Gasteiger partial charge is 0.507 e. The molecule has 0 saturated carbocycles. The smallest absolute Gasteiger partial charge is 0.276 e. The third-order valence-corrected chi connectivity index (χ3v) is 3.08. The lowest BCUT2D eigenvalue weighted by Crippen LogP contribution is -2.39. The van der Waals surface area contributed by atoms with Crippen molar-refractivity contribution in [2.75, 3.05) is 13.7 Å². The molecule has 0 fully saturated rings. The standard InChI is InChI=1S/C17H17FN2O4/c1-11(13-8-7-12(23-2)9-15(13)21)19-20-17(22)10-24-16-6-4-3-5-14(16)18/h3-9,19,21H,1,10H2,2H3,(H,20,22). The molecule has 0 aliphatic rings. The second-order valence-corrected chi connectivity index (χ2v) is 4.75. The van der Waals surface area contributed by atoms with Crippen LogP contribution in [-0.2, 0) is 4.79 Å². The van der Waals surface area contributed by atoms with E-state index in [-0.39, 0.29) is 23.8 Å². The number of rotatable bonds is 7. The first kappa shape index (κ1) is 17.1. The third-order valence-electron chi connectivity index (χ3n) is 3.08. The van der Waals surface area contributed by atoms with Crippen LogP contribution in [-0.4, -0.2) is 24.7 Å². The summed E-state index contributed by atoms with van der Waals surface area (Å²) in [7, 11) is 1.48. The maximum Gasteiger partial charge on any atom is 0.276 e. The first-order valence-corrected chi connectivity index (χ1v) is 6.99. The van der Waals surface area contributed by atoms with Gasteiger partial charge in [-0.1, -0.05) is 18.7 Å². The van der Waals surface area contributed by atoms with Crippen LogP contribution in [0.4, 0.5) is 4.39 Å². The molecular formula is C17H17FN2O4. The second-order valence-electron chi connectivity index (χ2n) is 4.75. The zero-order valence-electron chi connectivity index (χ0n) is 13.0. The van der Waals surface area contributed by atoms with Crippen LogP contribution in [0.5, 0.6) is 17.2 Å². The first-order valence-electron chi connectivity index (χ1n) is 6.99. The minimum absolute atomic E-state index is 0.0146. The molecule has 0 radical (unpaired) electrons. The predicted molar refractivity (Wildman–Crippen MR) is 86.9 cm³/mol. The highest BCUT2D eigenvalue weighted by Crippen LogP contribution is 2.26. The Balaban J connectivity index is 1.85. The van der Waals surface area contributed by atoms with Crippen LogP contribution >= 0.6 is 0 Å². The number of halogens is 1. The monoisotopic (exact) mass is 332 g/mol. The van der Waals surface area contributed by atoms with Gasteiger partial charge in [0.25, 0.3) is 5.91 Å². The summed E-state index contributed by atoms with van der Waals surface area (Å²) in [5.74, 6) is -0.660. The summed E-state index contributed by atoms with van der Waals surface area (Å²) in [6.45, 7) is 3.34. The second kappa shape index (κ2) is 7.87. The molecule has 126 valence electrons. The van der Waals surface area contributed by atoms with Crippen LogP contribution in [0, 0.1) is 5.82 Å². The van der Waals surface area contributed by atoms with Crippen LogP contribution in [0.15, 0.2) is 49.0 Å². The quantitative estimate of drug-likeness (QED) is 0.678. The summed E-state index contributed by atoms with van der Waals surface area (Å²) >= 11 is 0. The summed E-state index contributed by atoms with van der Waals surface area (Å²) < 4.78 is 23.4. The molecule has 0 aromatic heterocycles. The number of ether oxygens (including phenoxy) is 2. The van der Waals surface area contributed by atoms with E-state index in [9.17, 15) is 14.3 Å². The summed E-state index contributed by atoms with van der Waals surface area (Å²) in [6, 6.07) is 10.4. The highest BCUT2D eigenvalue weighted by atomic mass is 19.1. The van der Waals surface area contributed by atoms with Crippen molar-refractivity contribution >= 4 is 11.6 Å². The van der Waals surface area contributed by atoms with Crippen molar-refractivity contribution in [3.63, 3.8) is 0 Å². The number of aromatic hydroxyl groups is 1. The third kappa shape index (κ3) is 4.39. The maximum absolute atomic E-state index is 13.4. The van der Waals surface area contributed by atoms with Crippen molar-refractivity contribution in [3.8, 4) is 17.2 Å². The molecule has 2 aromatic rings. The zero-order valence-corrected chi connectivity index (χ0v) is 13.0. The molecule has 0 saturated heterocycles. The zero-order chi connectivity index (χ0) is 17.5. The van der Waals surface area contributed by atoms with Crippen LogP contribution in [0.3, 0.4) is 0 Å². The van der Waals surface area contributed by atoms with E-state index in [1.54, 1.807) is 18.2 Å². The Kier molecular flexibility index (Phi) is 5.62.